The summed E-state index contributed by atoms with van der Waals surface area (Å²) >= 11 is 0. The van der Waals surface area contributed by atoms with Crippen molar-refractivity contribution in [2.45, 2.75) is 0 Å². The van der Waals surface area contributed by atoms with Gasteiger partial charge in [-0.05, 0) is 30.3 Å². The van der Waals surface area contributed by atoms with E-state index < -0.39 is 0 Å². The molecule has 1 heterocycles. The van der Waals surface area contributed by atoms with Gasteiger partial charge >= 0.3 is 0 Å². The van der Waals surface area contributed by atoms with Gasteiger partial charge in [0, 0.05) is 23.6 Å². The van der Waals surface area contributed by atoms with E-state index in [-0.39, 0.29) is 17.3 Å². The molecule has 0 aliphatic carbocycles. The fourth-order valence-electron chi connectivity index (χ4n) is 1.35. The monoisotopic (exact) mass is 229 g/mol. The highest BCUT2D eigenvalue weighted by Gasteiger charge is 2.08. The highest BCUT2D eigenvalue weighted by atomic mass is 16.3. The number of aromatic hydroxyl groups is 1. The van der Waals surface area contributed by atoms with E-state index in [2.05, 4.69) is 10.3 Å². The van der Waals surface area contributed by atoms with Gasteiger partial charge in [-0.25, -0.2) is 0 Å². The summed E-state index contributed by atoms with van der Waals surface area (Å²) in [5.41, 5.74) is 6.78. The maximum atomic E-state index is 11.8. The van der Waals surface area contributed by atoms with Crippen LogP contribution in [0.5, 0.6) is 5.75 Å². The van der Waals surface area contributed by atoms with Gasteiger partial charge in [-0.2, -0.15) is 0 Å². The van der Waals surface area contributed by atoms with E-state index in [1.54, 1.807) is 18.2 Å². The van der Waals surface area contributed by atoms with Gasteiger partial charge in [0.15, 0.2) is 0 Å². The quantitative estimate of drug-likeness (QED) is 0.415. The highest BCUT2D eigenvalue weighted by Crippen LogP contribution is 2.25. The predicted octanol–water partition coefficient (Wildman–Crippen LogP) is 1.62. The van der Waals surface area contributed by atoms with E-state index in [0.717, 1.165) is 0 Å². The van der Waals surface area contributed by atoms with E-state index in [1.807, 2.05) is 0 Å². The summed E-state index contributed by atoms with van der Waals surface area (Å²) in [6, 6.07) is 7.64. The van der Waals surface area contributed by atoms with Crippen molar-refractivity contribution in [3.63, 3.8) is 0 Å². The molecule has 1 aromatic carbocycles. The number of nitrogens with zero attached hydrogens (tertiary/aromatic N) is 1. The molecular weight excluding hydrogens is 218 g/mol. The van der Waals surface area contributed by atoms with Gasteiger partial charge in [0.1, 0.15) is 5.75 Å². The van der Waals surface area contributed by atoms with Gasteiger partial charge in [0.05, 0.1) is 5.69 Å². The van der Waals surface area contributed by atoms with Crippen LogP contribution in [0.2, 0.25) is 0 Å². The second-order valence-corrected chi connectivity index (χ2v) is 3.47. The molecular formula is C12H11N3O2. The number of aromatic nitrogens is 1. The van der Waals surface area contributed by atoms with Crippen LogP contribution in [0.1, 0.15) is 10.4 Å². The molecule has 86 valence electrons. The summed E-state index contributed by atoms with van der Waals surface area (Å²) in [5, 5.41) is 12.1. The molecule has 2 aromatic rings. The summed E-state index contributed by atoms with van der Waals surface area (Å²) < 4.78 is 0. The Hall–Kier alpha value is -2.56. The molecule has 2 rings (SSSR count). The van der Waals surface area contributed by atoms with Crippen LogP contribution in [-0.4, -0.2) is 16.0 Å². The third-order valence-electron chi connectivity index (χ3n) is 2.21. The summed E-state index contributed by atoms with van der Waals surface area (Å²) in [6.07, 6.45) is 3.04. The van der Waals surface area contributed by atoms with Crippen molar-refractivity contribution in [1.82, 2.24) is 4.98 Å². The first-order valence-electron chi connectivity index (χ1n) is 4.96. The SMILES string of the molecule is Nc1ccc(O)c(NC(=O)c2ccncc2)c1. The Morgan fingerprint density at radius 1 is 1.24 bits per heavy atom. The normalized spacial score (nSPS) is 9.88. The van der Waals surface area contributed by atoms with Crippen LogP contribution in [0, 0.1) is 0 Å². The first-order valence-corrected chi connectivity index (χ1v) is 4.96. The van der Waals surface area contributed by atoms with Gasteiger partial charge in [-0.1, -0.05) is 0 Å². The minimum absolute atomic E-state index is 0.0263. The van der Waals surface area contributed by atoms with Gasteiger partial charge in [0.25, 0.3) is 5.91 Å². The van der Waals surface area contributed by atoms with Gasteiger partial charge in [-0.15, -0.1) is 0 Å². The van der Waals surface area contributed by atoms with Crippen molar-refractivity contribution >= 4 is 17.3 Å². The molecule has 5 nitrogen and oxygen atoms in total. The van der Waals surface area contributed by atoms with Crippen molar-refractivity contribution in [3.05, 3.63) is 48.3 Å². The molecule has 0 fully saturated rings. The molecule has 0 radical (unpaired) electrons. The molecule has 17 heavy (non-hydrogen) atoms. The average molecular weight is 229 g/mol. The Morgan fingerprint density at radius 2 is 1.94 bits per heavy atom. The van der Waals surface area contributed by atoms with E-state index in [9.17, 15) is 9.90 Å². The molecule has 4 N–H and O–H groups in total. The van der Waals surface area contributed by atoms with Crippen LogP contribution in [0.15, 0.2) is 42.7 Å². The highest BCUT2D eigenvalue weighted by molar-refractivity contribution is 6.05. The van der Waals surface area contributed by atoms with Gasteiger partial charge in [0.2, 0.25) is 0 Å². The number of phenols is 1. The Bertz CT molecular complexity index is 541. The number of pyridine rings is 1. The smallest absolute Gasteiger partial charge is 0.255 e. The average Bonchev–Trinajstić information content (AvgIpc) is 2.35. The van der Waals surface area contributed by atoms with Crippen LogP contribution in [0.4, 0.5) is 11.4 Å². The zero-order valence-corrected chi connectivity index (χ0v) is 8.92. The van der Waals surface area contributed by atoms with E-state index in [1.165, 1.54) is 24.5 Å². The number of nitrogen functional groups attached to an aromatic ring is 1. The standard InChI is InChI=1S/C12H11N3O2/c13-9-1-2-11(16)10(7-9)15-12(17)8-3-5-14-6-4-8/h1-7,16H,13H2,(H,15,17). The summed E-state index contributed by atoms with van der Waals surface area (Å²) in [4.78, 5) is 15.6. The Balaban J connectivity index is 2.22. The number of anilines is 2. The second kappa shape index (κ2) is 4.52. The fraction of sp³-hybridized carbons (Fsp3) is 0. The number of benzene rings is 1. The number of rotatable bonds is 2. The maximum absolute atomic E-state index is 11.8. The summed E-state index contributed by atoms with van der Waals surface area (Å²) in [6.45, 7) is 0. The Labute approximate surface area is 97.9 Å². The minimum atomic E-state index is -0.326. The lowest BCUT2D eigenvalue weighted by Crippen LogP contribution is -2.12. The topological polar surface area (TPSA) is 88.2 Å². The van der Waals surface area contributed by atoms with Crippen LogP contribution < -0.4 is 11.1 Å². The number of hydrogen-bond acceptors (Lipinski definition) is 4. The first-order chi connectivity index (χ1) is 8.16. The molecule has 1 amide bonds. The zero-order chi connectivity index (χ0) is 12.3. The van der Waals surface area contributed by atoms with Crippen molar-refractivity contribution < 1.29 is 9.90 Å². The molecule has 0 aliphatic heterocycles. The first kappa shape index (κ1) is 10.9. The Kier molecular flexibility index (Phi) is 2.91. The molecule has 0 spiro atoms. The van der Waals surface area contributed by atoms with Crippen LogP contribution >= 0.6 is 0 Å². The van der Waals surface area contributed by atoms with E-state index in [0.29, 0.717) is 11.3 Å². The number of amides is 1. The maximum Gasteiger partial charge on any atom is 0.255 e. The zero-order valence-electron chi connectivity index (χ0n) is 8.92. The van der Waals surface area contributed by atoms with E-state index in [4.69, 9.17) is 5.73 Å². The van der Waals surface area contributed by atoms with E-state index >= 15 is 0 Å². The number of carbonyl (C=O) groups excluding carboxylic acids is 1. The lowest BCUT2D eigenvalue weighted by atomic mass is 10.2. The molecule has 0 unspecified atom stereocenters. The molecule has 0 saturated heterocycles. The number of carbonyl (C=O) groups is 1. The van der Waals surface area contributed by atoms with Crippen molar-refractivity contribution in [2.24, 2.45) is 0 Å². The van der Waals surface area contributed by atoms with Gasteiger partial charge in [-0.3, -0.25) is 9.78 Å². The third-order valence-corrected chi connectivity index (χ3v) is 2.21. The minimum Gasteiger partial charge on any atom is -0.506 e. The summed E-state index contributed by atoms with van der Waals surface area (Å²) in [7, 11) is 0. The van der Waals surface area contributed by atoms with Crippen molar-refractivity contribution in [1.29, 1.82) is 0 Å². The molecule has 5 heteroatoms. The largest absolute Gasteiger partial charge is 0.506 e. The number of phenolic OH excluding ortho intramolecular Hbond substituents is 1. The van der Waals surface area contributed by atoms with Crippen LogP contribution in [0.3, 0.4) is 0 Å². The lowest BCUT2D eigenvalue weighted by molar-refractivity contribution is 0.102. The number of nitrogens with two attached hydrogens (primary N) is 1. The van der Waals surface area contributed by atoms with Crippen molar-refractivity contribution in [3.8, 4) is 5.75 Å². The summed E-state index contributed by atoms with van der Waals surface area (Å²) in [5.74, 6) is -0.352. The fourth-order valence-corrected chi connectivity index (χ4v) is 1.35. The van der Waals surface area contributed by atoms with Crippen LogP contribution in [0.25, 0.3) is 0 Å². The number of hydrogen-bond donors (Lipinski definition) is 3. The molecule has 0 aliphatic rings. The lowest BCUT2D eigenvalue weighted by Gasteiger charge is -2.07. The third kappa shape index (κ3) is 2.52. The van der Waals surface area contributed by atoms with Crippen molar-refractivity contribution in [2.75, 3.05) is 11.1 Å². The number of nitrogens with one attached hydrogen (secondary N) is 1. The Morgan fingerprint density at radius 3 is 2.65 bits per heavy atom. The predicted molar refractivity (Wildman–Crippen MR) is 64.7 cm³/mol. The second-order valence-electron chi connectivity index (χ2n) is 3.47. The molecule has 0 bridgehead atoms. The van der Waals surface area contributed by atoms with Crippen LogP contribution in [-0.2, 0) is 0 Å². The molecule has 0 saturated carbocycles. The molecule has 1 aromatic heterocycles. The van der Waals surface area contributed by atoms with Gasteiger partial charge < -0.3 is 16.2 Å². The molecule has 0 atom stereocenters.